The smallest absolute Gasteiger partial charge is 0.319 e. The number of amides is 2. The Morgan fingerprint density at radius 2 is 2.05 bits per heavy atom. The molecule has 104 valence electrons. The van der Waals surface area contributed by atoms with Crippen molar-refractivity contribution in [2.24, 2.45) is 5.41 Å². The predicted molar refractivity (Wildman–Crippen MR) is 76.9 cm³/mol. The molecule has 3 N–H and O–H groups in total. The average Bonchev–Trinajstić information content (AvgIpc) is 3.12. The first-order valence-corrected chi connectivity index (χ1v) is 6.91. The third kappa shape index (κ3) is 4.00. The van der Waals surface area contributed by atoms with E-state index >= 15 is 0 Å². The maximum Gasteiger partial charge on any atom is 0.319 e. The van der Waals surface area contributed by atoms with Crippen LogP contribution in [0.5, 0.6) is 0 Å². The largest absolute Gasteiger partial charge is 0.396 e. The lowest BCUT2D eigenvalue weighted by Gasteiger charge is -2.15. The van der Waals surface area contributed by atoms with Gasteiger partial charge in [-0.05, 0) is 42.9 Å². The van der Waals surface area contributed by atoms with Crippen LogP contribution in [0.15, 0.2) is 18.2 Å². The van der Waals surface area contributed by atoms with Crippen LogP contribution < -0.4 is 10.6 Å². The van der Waals surface area contributed by atoms with Gasteiger partial charge in [-0.15, -0.1) is 0 Å². The molecule has 0 radical (unpaired) electrons. The second-order valence-electron chi connectivity index (χ2n) is 4.91. The number of hydrogen-bond acceptors (Lipinski definition) is 2. The fourth-order valence-corrected chi connectivity index (χ4v) is 2.24. The van der Waals surface area contributed by atoms with Gasteiger partial charge in [0, 0.05) is 18.8 Å². The monoisotopic (exact) mass is 302 g/mol. The Kier molecular flexibility index (Phi) is 4.55. The minimum absolute atomic E-state index is 0.101. The van der Waals surface area contributed by atoms with Crippen molar-refractivity contribution in [3.8, 4) is 0 Å². The second-order valence-corrected chi connectivity index (χ2v) is 5.72. The molecule has 2 amide bonds. The van der Waals surface area contributed by atoms with E-state index in [-0.39, 0.29) is 18.1 Å². The summed E-state index contributed by atoms with van der Waals surface area (Å²) in [6.07, 6.45) is 2.85. The van der Waals surface area contributed by atoms with Gasteiger partial charge in [-0.2, -0.15) is 0 Å². The zero-order chi connectivity index (χ0) is 13.9. The highest BCUT2D eigenvalue weighted by molar-refractivity contribution is 6.42. The van der Waals surface area contributed by atoms with Crippen LogP contribution in [-0.2, 0) is 0 Å². The molecule has 1 saturated carbocycles. The van der Waals surface area contributed by atoms with Gasteiger partial charge < -0.3 is 15.7 Å². The number of aliphatic hydroxyl groups is 1. The Labute approximate surface area is 122 Å². The lowest BCUT2D eigenvalue weighted by Crippen LogP contribution is -2.34. The van der Waals surface area contributed by atoms with Gasteiger partial charge in [-0.25, -0.2) is 4.79 Å². The first kappa shape index (κ1) is 14.4. The summed E-state index contributed by atoms with van der Waals surface area (Å²) >= 11 is 11.7. The van der Waals surface area contributed by atoms with Crippen molar-refractivity contribution >= 4 is 34.9 Å². The maximum atomic E-state index is 11.7. The van der Waals surface area contributed by atoms with Crippen LogP contribution >= 0.6 is 23.2 Å². The van der Waals surface area contributed by atoms with Gasteiger partial charge in [0.1, 0.15) is 0 Å². The van der Waals surface area contributed by atoms with Gasteiger partial charge in [0.2, 0.25) is 0 Å². The molecule has 1 aromatic carbocycles. The standard InChI is InChI=1S/C13H16Cl2N2O2/c14-10-2-1-9(7-11(10)15)17-12(19)16-8-13(3-4-13)5-6-18/h1-2,7,18H,3-6,8H2,(H2,16,17,19). The number of benzene rings is 1. The number of nitrogens with one attached hydrogen (secondary N) is 2. The third-order valence-corrected chi connectivity index (χ3v) is 4.14. The van der Waals surface area contributed by atoms with E-state index in [9.17, 15) is 4.79 Å². The molecule has 0 spiro atoms. The highest BCUT2D eigenvalue weighted by Gasteiger charge is 2.41. The van der Waals surface area contributed by atoms with Crippen molar-refractivity contribution in [1.82, 2.24) is 5.32 Å². The van der Waals surface area contributed by atoms with E-state index in [0.717, 1.165) is 19.3 Å². The van der Waals surface area contributed by atoms with Crippen LogP contribution in [-0.4, -0.2) is 24.3 Å². The molecule has 0 aromatic heterocycles. The average molecular weight is 303 g/mol. The van der Waals surface area contributed by atoms with Gasteiger partial charge in [0.05, 0.1) is 10.0 Å². The number of aliphatic hydroxyl groups excluding tert-OH is 1. The van der Waals surface area contributed by atoms with E-state index in [0.29, 0.717) is 22.3 Å². The van der Waals surface area contributed by atoms with Crippen molar-refractivity contribution in [1.29, 1.82) is 0 Å². The van der Waals surface area contributed by atoms with E-state index < -0.39 is 0 Å². The summed E-state index contributed by atoms with van der Waals surface area (Å²) in [5.74, 6) is 0. The van der Waals surface area contributed by atoms with Crippen molar-refractivity contribution in [2.75, 3.05) is 18.5 Å². The molecule has 0 aliphatic heterocycles. The lowest BCUT2D eigenvalue weighted by molar-refractivity contribution is 0.234. The normalized spacial score (nSPS) is 15.9. The lowest BCUT2D eigenvalue weighted by atomic mass is 10.0. The SMILES string of the molecule is O=C(NCC1(CCO)CC1)Nc1ccc(Cl)c(Cl)c1. The third-order valence-electron chi connectivity index (χ3n) is 3.40. The van der Waals surface area contributed by atoms with Crippen molar-refractivity contribution in [3.63, 3.8) is 0 Å². The maximum absolute atomic E-state index is 11.7. The first-order valence-electron chi connectivity index (χ1n) is 6.15. The van der Waals surface area contributed by atoms with Crippen LogP contribution in [0.4, 0.5) is 10.5 Å². The second kappa shape index (κ2) is 5.99. The molecule has 4 nitrogen and oxygen atoms in total. The van der Waals surface area contributed by atoms with E-state index in [1.165, 1.54) is 0 Å². The molecular formula is C13H16Cl2N2O2. The van der Waals surface area contributed by atoms with Crippen LogP contribution in [0.3, 0.4) is 0 Å². The van der Waals surface area contributed by atoms with Crippen molar-refractivity contribution in [3.05, 3.63) is 28.2 Å². The van der Waals surface area contributed by atoms with Crippen LogP contribution in [0.2, 0.25) is 10.0 Å². The number of anilines is 1. The number of hydrogen-bond donors (Lipinski definition) is 3. The fourth-order valence-electron chi connectivity index (χ4n) is 1.95. The zero-order valence-electron chi connectivity index (χ0n) is 10.4. The summed E-state index contributed by atoms with van der Waals surface area (Å²) in [5, 5.41) is 15.3. The van der Waals surface area contributed by atoms with Gasteiger partial charge in [0.15, 0.2) is 0 Å². The summed E-state index contributed by atoms with van der Waals surface area (Å²) in [5.41, 5.74) is 0.697. The molecule has 2 rings (SSSR count). The van der Waals surface area contributed by atoms with E-state index in [4.69, 9.17) is 28.3 Å². The molecule has 0 atom stereocenters. The molecule has 0 saturated heterocycles. The number of rotatable bonds is 5. The van der Waals surface area contributed by atoms with E-state index in [2.05, 4.69) is 10.6 Å². The van der Waals surface area contributed by atoms with Crippen molar-refractivity contribution in [2.45, 2.75) is 19.3 Å². The van der Waals surface area contributed by atoms with E-state index in [1.54, 1.807) is 18.2 Å². The van der Waals surface area contributed by atoms with Gasteiger partial charge in [0.25, 0.3) is 0 Å². The Hall–Kier alpha value is -0.970. The minimum Gasteiger partial charge on any atom is -0.396 e. The van der Waals surface area contributed by atoms with Gasteiger partial charge in [-0.1, -0.05) is 23.2 Å². The van der Waals surface area contributed by atoms with E-state index in [1.807, 2.05) is 0 Å². The summed E-state index contributed by atoms with van der Waals surface area (Å²) in [6, 6.07) is 4.65. The first-order chi connectivity index (χ1) is 9.04. The molecular weight excluding hydrogens is 287 g/mol. The quantitative estimate of drug-likeness (QED) is 0.781. The fraction of sp³-hybridized carbons (Fsp3) is 0.462. The minimum atomic E-state index is -0.275. The molecule has 0 unspecified atom stereocenters. The number of carbonyl (C=O) groups excluding carboxylic acids is 1. The highest BCUT2D eigenvalue weighted by Crippen LogP contribution is 2.47. The Morgan fingerprint density at radius 3 is 2.63 bits per heavy atom. The Balaban J connectivity index is 1.82. The molecule has 0 heterocycles. The summed E-state index contributed by atoms with van der Waals surface area (Å²) in [6.45, 7) is 0.747. The summed E-state index contributed by atoms with van der Waals surface area (Å²) < 4.78 is 0. The molecule has 1 aromatic rings. The topological polar surface area (TPSA) is 61.4 Å². The molecule has 1 aliphatic rings. The molecule has 1 aliphatic carbocycles. The molecule has 6 heteroatoms. The van der Waals surface area contributed by atoms with Crippen molar-refractivity contribution < 1.29 is 9.90 Å². The van der Waals surface area contributed by atoms with Crippen LogP contribution in [0.1, 0.15) is 19.3 Å². The number of carbonyl (C=O) groups is 1. The zero-order valence-corrected chi connectivity index (χ0v) is 11.9. The van der Waals surface area contributed by atoms with Crippen LogP contribution in [0, 0.1) is 5.41 Å². The Bertz CT molecular complexity index is 476. The van der Waals surface area contributed by atoms with Gasteiger partial charge >= 0.3 is 6.03 Å². The number of halogens is 2. The number of urea groups is 1. The summed E-state index contributed by atoms with van der Waals surface area (Å²) in [4.78, 5) is 11.7. The Morgan fingerprint density at radius 1 is 1.32 bits per heavy atom. The molecule has 1 fully saturated rings. The molecule has 0 bridgehead atoms. The molecule has 19 heavy (non-hydrogen) atoms. The summed E-state index contributed by atoms with van der Waals surface area (Å²) in [7, 11) is 0. The van der Waals surface area contributed by atoms with Gasteiger partial charge in [-0.3, -0.25) is 0 Å². The highest BCUT2D eigenvalue weighted by atomic mass is 35.5. The van der Waals surface area contributed by atoms with Crippen LogP contribution in [0.25, 0.3) is 0 Å². The predicted octanol–water partition coefficient (Wildman–Crippen LogP) is 3.28.